The Morgan fingerprint density at radius 2 is 2.03 bits per heavy atom. The average molecular weight is 408 g/mol. The highest BCUT2D eigenvalue weighted by molar-refractivity contribution is 5.69. The van der Waals surface area contributed by atoms with E-state index in [1.165, 1.54) is 0 Å². The lowest BCUT2D eigenvalue weighted by molar-refractivity contribution is -0.0177. The molecule has 2 aromatic heterocycles. The molecular formula is C22H25FN6O. The van der Waals surface area contributed by atoms with Crippen molar-refractivity contribution in [3.63, 3.8) is 0 Å². The summed E-state index contributed by atoms with van der Waals surface area (Å²) in [7, 11) is 3.91. The van der Waals surface area contributed by atoms with Gasteiger partial charge in [-0.1, -0.05) is 0 Å². The molecule has 1 aromatic carbocycles. The first kappa shape index (κ1) is 19.0. The van der Waals surface area contributed by atoms with Crippen LogP contribution < -0.4 is 4.90 Å². The Morgan fingerprint density at radius 1 is 1.17 bits per heavy atom. The van der Waals surface area contributed by atoms with Crippen LogP contribution in [0.1, 0.15) is 12.8 Å². The van der Waals surface area contributed by atoms with Gasteiger partial charge in [-0.2, -0.15) is 0 Å². The number of rotatable bonds is 4. The Morgan fingerprint density at radius 3 is 2.67 bits per heavy atom. The van der Waals surface area contributed by atoms with E-state index in [9.17, 15) is 5.11 Å². The lowest BCUT2D eigenvalue weighted by Crippen LogP contribution is -2.64. The molecule has 4 heterocycles. The van der Waals surface area contributed by atoms with Gasteiger partial charge in [-0.3, -0.25) is 0 Å². The Bertz CT molecular complexity index is 1020. The van der Waals surface area contributed by atoms with E-state index in [0.29, 0.717) is 23.0 Å². The Labute approximate surface area is 174 Å². The van der Waals surface area contributed by atoms with Crippen LogP contribution in [0.15, 0.2) is 49.1 Å². The summed E-state index contributed by atoms with van der Waals surface area (Å²) in [5.74, 6) is 1.06. The molecule has 3 aliphatic rings. The van der Waals surface area contributed by atoms with Crippen LogP contribution in [0.4, 0.5) is 10.2 Å². The van der Waals surface area contributed by atoms with Gasteiger partial charge in [0.1, 0.15) is 11.9 Å². The number of benzene rings is 1. The zero-order chi connectivity index (χ0) is 20.8. The van der Waals surface area contributed by atoms with E-state index in [0.717, 1.165) is 25.1 Å². The second-order valence-electron chi connectivity index (χ2n) is 8.34. The van der Waals surface area contributed by atoms with E-state index in [-0.39, 0.29) is 17.8 Å². The van der Waals surface area contributed by atoms with Gasteiger partial charge in [0.25, 0.3) is 0 Å². The molecule has 3 fully saturated rings. The van der Waals surface area contributed by atoms with E-state index in [1.807, 2.05) is 54.0 Å². The van der Waals surface area contributed by atoms with Crippen molar-refractivity contribution in [2.75, 3.05) is 25.5 Å². The van der Waals surface area contributed by atoms with Crippen molar-refractivity contribution in [2.45, 2.75) is 31.1 Å². The van der Waals surface area contributed by atoms with Gasteiger partial charge in [-0.15, -0.1) is 10.2 Å². The largest absolute Gasteiger partial charge is 0.507 e. The molecule has 1 N–H and O–H groups in total. The van der Waals surface area contributed by atoms with Gasteiger partial charge in [0.15, 0.2) is 5.82 Å². The van der Waals surface area contributed by atoms with Gasteiger partial charge in [0.2, 0.25) is 0 Å². The third-order valence-electron chi connectivity index (χ3n) is 6.62. The fourth-order valence-electron chi connectivity index (χ4n) is 5.02. The molecule has 2 bridgehead atoms. The van der Waals surface area contributed by atoms with Gasteiger partial charge >= 0.3 is 0 Å². The van der Waals surface area contributed by atoms with Crippen molar-refractivity contribution in [2.24, 2.45) is 5.92 Å². The summed E-state index contributed by atoms with van der Waals surface area (Å²) in [4.78, 5) is 8.11. The Kier molecular flexibility index (Phi) is 4.66. The number of fused-ring (bicyclic) bond motifs is 3. The minimum Gasteiger partial charge on any atom is -0.507 e. The third kappa shape index (κ3) is 3.11. The smallest absolute Gasteiger partial charge is 0.151 e. The molecule has 30 heavy (non-hydrogen) atoms. The number of alkyl halides is 1. The van der Waals surface area contributed by atoms with Crippen molar-refractivity contribution < 1.29 is 9.50 Å². The molecule has 7 nitrogen and oxygen atoms in total. The maximum Gasteiger partial charge on any atom is 0.151 e. The number of hydrogen-bond acceptors (Lipinski definition) is 6. The first-order valence-corrected chi connectivity index (χ1v) is 10.3. The highest BCUT2D eigenvalue weighted by Crippen LogP contribution is 2.39. The first-order valence-electron chi connectivity index (χ1n) is 10.3. The highest BCUT2D eigenvalue weighted by Gasteiger charge is 2.48. The standard InChI is InChI=1S/C22H25FN6O/c1-27-12-14-3-7-18(27)21(23)22(14)28(2)20-8-6-17(25-26-20)16-5-4-15(11-19(16)30)29-10-9-24-13-29/h4-6,8-11,13-14,18,21-22,30H,3,7,12H2,1-2H3/t14-,18+,21+,22+/m1/s1. The number of nitrogens with zero attached hydrogens (tertiary/aromatic N) is 6. The minimum atomic E-state index is -0.895. The number of anilines is 1. The van der Waals surface area contributed by atoms with E-state index < -0.39 is 6.17 Å². The number of aromatic hydroxyl groups is 1. The van der Waals surface area contributed by atoms with Crippen LogP contribution >= 0.6 is 0 Å². The zero-order valence-corrected chi connectivity index (χ0v) is 17.1. The summed E-state index contributed by atoms with van der Waals surface area (Å²) < 4.78 is 16.9. The number of hydrogen-bond donors (Lipinski definition) is 1. The molecule has 2 aliphatic heterocycles. The molecule has 0 radical (unpaired) electrons. The quantitative estimate of drug-likeness (QED) is 0.716. The van der Waals surface area contributed by atoms with Crippen LogP contribution in [-0.2, 0) is 0 Å². The van der Waals surface area contributed by atoms with Crippen LogP contribution in [0.2, 0.25) is 0 Å². The summed E-state index contributed by atoms with van der Waals surface area (Å²) in [6.45, 7) is 0.919. The van der Waals surface area contributed by atoms with Crippen molar-refractivity contribution in [1.29, 1.82) is 0 Å². The number of phenolic OH excluding ortho intramolecular Hbond substituents is 1. The lowest BCUT2D eigenvalue weighted by Gasteiger charge is -2.52. The number of piperidine rings is 2. The normalized spacial score (nSPS) is 26.1. The fourth-order valence-corrected chi connectivity index (χ4v) is 5.02. The molecule has 6 rings (SSSR count). The van der Waals surface area contributed by atoms with E-state index in [4.69, 9.17) is 0 Å². The van der Waals surface area contributed by atoms with Crippen LogP contribution in [0.5, 0.6) is 5.75 Å². The maximum atomic E-state index is 15.1. The molecule has 1 aliphatic carbocycles. The monoisotopic (exact) mass is 408 g/mol. The molecule has 0 spiro atoms. The Balaban J connectivity index is 1.37. The first-order chi connectivity index (χ1) is 14.5. The summed E-state index contributed by atoms with van der Waals surface area (Å²) in [6.07, 6.45) is 6.25. The van der Waals surface area contributed by atoms with Crippen LogP contribution in [0, 0.1) is 5.92 Å². The van der Waals surface area contributed by atoms with Crippen molar-refractivity contribution in [3.05, 3.63) is 49.1 Å². The molecule has 156 valence electrons. The van der Waals surface area contributed by atoms with Gasteiger partial charge in [-0.25, -0.2) is 9.37 Å². The molecular weight excluding hydrogens is 383 g/mol. The van der Waals surface area contributed by atoms with Crippen molar-refractivity contribution in [1.82, 2.24) is 24.6 Å². The molecule has 0 amide bonds. The summed E-state index contributed by atoms with van der Waals surface area (Å²) in [5, 5.41) is 19.2. The topological polar surface area (TPSA) is 70.3 Å². The summed E-state index contributed by atoms with van der Waals surface area (Å²) in [6, 6.07) is 8.85. The lowest BCUT2D eigenvalue weighted by atomic mass is 9.74. The predicted octanol–water partition coefficient (Wildman–Crippen LogP) is 2.90. The molecule has 0 unspecified atom stereocenters. The van der Waals surface area contributed by atoms with Crippen LogP contribution in [0.3, 0.4) is 0 Å². The summed E-state index contributed by atoms with van der Waals surface area (Å²) >= 11 is 0. The number of phenols is 1. The molecule has 3 aromatic rings. The second-order valence-corrected chi connectivity index (χ2v) is 8.34. The number of imidazole rings is 1. The zero-order valence-electron chi connectivity index (χ0n) is 17.1. The second kappa shape index (κ2) is 7.36. The van der Waals surface area contributed by atoms with Gasteiger partial charge in [0, 0.05) is 43.7 Å². The van der Waals surface area contributed by atoms with Crippen molar-refractivity contribution in [3.8, 4) is 22.7 Å². The number of aromatic nitrogens is 4. The third-order valence-corrected chi connectivity index (χ3v) is 6.62. The minimum absolute atomic E-state index is 0.0133. The van der Waals surface area contributed by atoms with E-state index >= 15 is 4.39 Å². The molecule has 8 heteroatoms. The highest BCUT2D eigenvalue weighted by atomic mass is 19.1. The summed E-state index contributed by atoms with van der Waals surface area (Å²) in [5.41, 5.74) is 1.98. The van der Waals surface area contributed by atoms with Gasteiger partial charge < -0.3 is 19.5 Å². The maximum absolute atomic E-state index is 15.1. The average Bonchev–Trinajstić information content (AvgIpc) is 3.29. The van der Waals surface area contributed by atoms with E-state index in [1.54, 1.807) is 18.6 Å². The van der Waals surface area contributed by atoms with Crippen LogP contribution in [-0.4, -0.2) is 68.7 Å². The van der Waals surface area contributed by atoms with Gasteiger partial charge in [-0.05, 0) is 50.1 Å². The van der Waals surface area contributed by atoms with Crippen LogP contribution in [0.25, 0.3) is 16.9 Å². The fraction of sp³-hybridized carbons (Fsp3) is 0.409. The number of halogens is 1. The SMILES string of the molecule is CN1C[C@H]2CC[C@H]1[C@H](F)[C@H]2N(C)c1ccc(-c2ccc(-n3ccnc3)cc2O)nn1. The van der Waals surface area contributed by atoms with Crippen molar-refractivity contribution >= 4 is 5.82 Å². The van der Waals surface area contributed by atoms with E-state index in [2.05, 4.69) is 20.1 Å². The molecule has 2 saturated heterocycles. The predicted molar refractivity (Wildman–Crippen MR) is 112 cm³/mol. The Hall–Kier alpha value is -3.00. The molecule has 1 saturated carbocycles. The molecule has 4 atom stereocenters. The van der Waals surface area contributed by atoms with Gasteiger partial charge in [0.05, 0.1) is 23.8 Å².